The Morgan fingerprint density at radius 1 is 1.26 bits per heavy atom. The Bertz CT molecular complexity index is 331. The van der Waals surface area contributed by atoms with Crippen LogP contribution in [0.15, 0.2) is 0 Å². The average Bonchev–Trinajstić information content (AvgIpc) is 2.52. The number of carbonyl (C=O) groups is 2. The SMILES string of the molecule is CC1CCCCCC1NC(=O)NCC(C)(O)C(=O)O. The number of nitrogens with one attached hydrogen (secondary N) is 2. The van der Waals surface area contributed by atoms with Crippen molar-refractivity contribution >= 4 is 12.0 Å². The van der Waals surface area contributed by atoms with Crippen LogP contribution in [-0.2, 0) is 4.79 Å². The average molecular weight is 272 g/mol. The van der Waals surface area contributed by atoms with E-state index in [1.807, 2.05) is 0 Å². The largest absolute Gasteiger partial charge is 0.479 e. The molecule has 0 aliphatic heterocycles. The molecule has 0 bridgehead atoms. The van der Waals surface area contributed by atoms with Gasteiger partial charge in [0.05, 0.1) is 6.54 Å². The quantitative estimate of drug-likeness (QED) is 0.576. The number of hydrogen-bond donors (Lipinski definition) is 4. The molecule has 6 heteroatoms. The Morgan fingerprint density at radius 2 is 1.89 bits per heavy atom. The van der Waals surface area contributed by atoms with Crippen molar-refractivity contribution < 1.29 is 19.8 Å². The summed E-state index contributed by atoms with van der Waals surface area (Å²) < 4.78 is 0. The maximum Gasteiger partial charge on any atom is 0.337 e. The second-order valence-electron chi connectivity index (χ2n) is 5.63. The molecule has 4 N–H and O–H groups in total. The molecule has 19 heavy (non-hydrogen) atoms. The van der Waals surface area contributed by atoms with Gasteiger partial charge in [0.1, 0.15) is 0 Å². The van der Waals surface area contributed by atoms with Gasteiger partial charge in [0.15, 0.2) is 5.60 Å². The minimum atomic E-state index is -1.94. The van der Waals surface area contributed by atoms with Crippen LogP contribution in [0.5, 0.6) is 0 Å². The van der Waals surface area contributed by atoms with Gasteiger partial charge in [-0.3, -0.25) is 0 Å². The normalized spacial score (nSPS) is 26.9. The summed E-state index contributed by atoms with van der Waals surface area (Å²) in [6.45, 7) is 2.96. The topological polar surface area (TPSA) is 98.7 Å². The summed E-state index contributed by atoms with van der Waals surface area (Å²) >= 11 is 0. The molecule has 0 saturated heterocycles. The lowest BCUT2D eigenvalue weighted by Gasteiger charge is -2.24. The van der Waals surface area contributed by atoms with Crippen molar-refractivity contribution in [3.63, 3.8) is 0 Å². The van der Waals surface area contributed by atoms with Crippen molar-refractivity contribution in [2.45, 2.75) is 57.6 Å². The van der Waals surface area contributed by atoms with Gasteiger partial charge in [0, 0.05) is 6.04 Å². The summed E-state index contributed by atoms with van der Waals surface area (Å²) in [5.74, 6) is -0.927. The van der Waals surface area contributed by atoms with Crippen LogP contribution in [0.3, 0.4) is 0 Å². The third kappa shape index (κ3) is 5.06. The lowest BCUT2D eigenvalue weighted by Crippen LogP contribution is -2.51. The third-order valence-corrected chi connectivity index (χ3v) is 3.73. The van der Waals surface area contributed by atoms with Crippen LogP contribution >= 0.6 is 0 Å². The number of aliphatic hydroxyl groups is 1. The first kappa shape index (κ1) is 15.8. The van der Waals surface area contributed by atoms with Crippen molar-refractivity contribution in [2.24, 2.45) is 5.92 Å². The number of aliphatic carboxylic acids is 1. The summed E-state index contributed by atoms with van der Waals surface area (Å²) in [6.07, 6.45) is 5.52. The van der Waals surface area contributed by atoms with Gasteiger partial charge in [-0.15, -0.1) is 0 Å². The highest BCUT2D eigenvalue weighted by Gasteiger charge is 2.30. The Labute approximate surface area is 113 Å². The predicted octanol–water partition coefficient (Wildman–Crippen LogP) is 1.09. The monoisotopic (exact) mass is 272 g/mol. The van der Waals surface area contributed by atoms with Crippen LogP contribution in [0.2, 0.25) is 0 Å². The van der Waals surface area contributed by atoms with Crippen LogP contribution in [0, 0.1) is 5.92 Å². The minimum absolute atomic E-state index is 0.122. The van der Waals surface area contributed by atoms with Crippen molar-refractivity contribution in [3.8, 4) is 0 Å². The maximum absolute atomic E-state index is 11.7. The van der Waals surface area contributed by atoms with E-state index in [-0.39, 0.29) is 12.6 Å². The number of carboxylic acid groups (broad SMARTS) is 1. The fourth-order valence-electron chi connectivity index (χ4n) is 2.25. The Morgan fingerprint density at radius 3 is 2.53 bits per heavy atom. The summed E-state index contributed by atoms with van der Waals surface area (Å²) in [7, 11) is 0. The molecule has 0 aromatic rings. The van der Waals surface area contributed by atoms with Crippen molar-refractivity contribution in [3.05, 3.63) is 0 Å². The zero-order valence-corrected chi connectivity index (χ0v) is 11.6. The summed E-state index contributed by atoms with van der Waals surface area (Å²) in [5, 5.41) is 23.5. The molecule has 0 aromatic carbocycles. The highest BCUT2D eigenvalue weighted by Crippen LogP contribution is 2.22. The lowest BCUT2D eigenvalue weighted by atomic mass is 9.97. The zero-order chi connectivity index (χ0) is 14.5. The molecule has 2 amide bonds. The fraction of sp³-hybridized carbons (Fsp3) is 0.846. The first-order valence-corrected chi connectivity index (χ1v) is 6.83. The van der Waals surface area contributed by atoms with Crippen LogP contribution in [-0.4, -0.2) is 40.4 Å². The number of urea groups is 1. The molecule has 3 atom stereocenters. The van der Waals surface area contributed by atoms with Crippen LogP contribution in [0.1, 0.15) is 46.0 Å². The molecule has 1 saturated carbocycles. The van der Waals surface area contributed by atoms with Crippen LogP contribution < -0.4 is 10.6 Å². The third-order valence-electron chi connectivity index (χ3n) is 3.73. The molecule has 1 aliphatic rings. The summed E-state index contributed by atoms with van der Waals surface area (Å²) in [4.78, 5) is 22.4. The predicted molar refractivity (Wildman–Crippen MR) is 70.8 cm³/mol. The van der Waals surface area contributed by atoms with E-state index in [4.69, 9.17) is 5.11 Å². The molecular weight excluding hydrogens is 248 g/mol. The van der Waals surface area contributed by atoms with Gasteiger partial charge in [0.25, 0.3) is 0 Å². The van der Waals surface area contributed by atoms with Gasteiger partial charge in [-0.1, -0.05) is 26.2 Å². The minimum Gasteiger partial charge on any atom is -0.479 e. The number of carboxylic acids is 1. The Balaban J connectivity index is 2.40. The number of amides is 2. The van der Waals surface area contributed by atoms with Gasteiger partial charge in [-0.05, 0) is 25.7 Å². The van der Waals surface area contributed by atoms with E-state index in [1.54, 1.807) is 0 Å². The Hall–Kier alpha value is -1.30. The molecule has 1 rings (SSSR count). The van der Waals surface area contributed by atoms with E-state index in [0.717, 1.165) is 26.2 Å². The van der Waals surface area contributed by atoms with E-state index < -0.39 is 17.6 Å². The standard InChI is InChI=1S/C13H24N2O4/c1-9-6-4-3-5-7-10(9)15-12(18)14-8-13(2,19)11(16)17/h9-10,19H,3-8H2,1-2H3,(H,16,17)(H2,14,15,18). The van der Waals surface area contributed by atoms with Gasteiger partial charge in [-0.2, -0.15) is 0 Å². The van der Waals surface area contributed by atoms with E-state index in [0.29, 0.717) is 5.92 Å². The van der Waals surface area contributed by atoms with Crippen molar-refractivity contribution in [1.82, 2.24) is 10.6 Å². The highest BCUT2D eigenvalue weighted by atomic mass is 16.4. The molecule has 3 unspecified atom stereocenters. The van der Waals surface area contributed by atoms with E-state index in [2.05, 4.69) is 17.6 Å². The first-order chi connectivity index (χ1) is 8.83. The highest BCUT2D eigenvalue weighted by molar-refractivity contribution is 5.79. The fourth-order valence-corrected chi connectivity index (χ4v) is 2.25. The van der Waals surface area contributed by atoms with Crippen molar-refractivity contribution in [1.29, 1.82) is 0 Å². The summed E-state index contributed by atoms with van der Waals surface area (Å²) in [6, 6.07) is -0.294. The van der Waals surface area contributed by atoms with E-state index in [9.17, 15) is 14.7 Å². The molecule has 1 aliphatic carbocycles. The van der Waals surface area contributed by atoms with Gasteiger partial charge < -0.3 is 20.8 Å². The first-order valence-electron chi connectivity index (χ1n) is 6.83. The second-order valence-corrected chi connectivity index (χ2v) is 5.63. The maximum atomic E-state index is 11.7. The van der Waals surface area contributed by atoms with Gasteiger partial charge in [0.2, 0.25) is 0 Å². The second kappa shape index (κ2) is 6.75. The number of hydrogen-bond acceptors (Lipinski definition) is 3. The molecule has 110 valence electrons. The molecular formula is C13H24N2O4. The molecule has 0 radical (unpaired) electrons. The molecule has 1 fully saturated rings. The molecule has 0 heterocycles. The molecule has 0 aromatic heterocycles. The molecule has 6 nitrogen and oxygen atoms in total. The lowest BCUT2D eigenvalue weighted by molar-refractivity contribution is -0.155. The van der Waals surface area contributed by atoms with Gasteiger partial charge in [-0.25, -0.2) is 9.59 Å². The van der Waals surface area contributed by atoms with E-state index in [1.165, 1.54) is 12.8 Å². The van der Waals surface area contributed by atoms with Crippen molar-refractivity contribution in [2.75, 3.05) is 6.54 Å². The molecule has 0 spiro atoms. The van der Waals surface area contributed by atoms with Crippen LogP contribution in [0.4, 0.5) is 4.79 Å². The zero-order valence-electron chi connectivity index (χ0n) is 11.6. The summed E-state index contributed by atoms with van der Waals surface area (Å²) in [5.41, 5.74) is -1.94. The number of rotatable bonds is 4. The van der Waals surface area contributed by atoms with Crippen LogP contribution in [0.25, 0.3) is 0 Å². The van der Waals surface area contributed by atoms with Gasteiger partial charge >= 0.3 is 12.0 Å². The number of carbonyl (C=O) groups excluding carboxylic acids is 1. The Kier molecular flexibility index (Phi) is 5.60. The smallest absolute Gasteiger partial charge is 0.337 e. The van der Waals surface area contributed by atoms with E-state index >= 15 is 0 Å².